The van der Waals surface area contributed by atoms with Crippen molar-refractivity contribution >= 4 is 41.2 Å². The van der Waals surface area contributed by atoms with Crippen LogP contribution in [0.15, 0.2) is 18.2 Å². The summed E-state index contributed by atoms with van der Waals surface area (Å²) in [7, 11) is 0. The van der Waals surface area contributed by atoms with E-state index in [2.05, 4.69) is 10.6 Å². The first-order valence-electron chi connectivity index (χ1n) is 8.38. The molecule has 27 heavy (non-hydrogen) atoms. The van der Waals surface area contributed by atoms with Crippen LogP contribution in [0.5, 0.6) is 0 Å². The van der Waals surface area contributed by atoms with Crippen molar-refractivity contribution in [2.45, 2.75) is 45.8 Å². The number of amides is 2. The van der Waals surface area contributed by atoms with Gasteiger partial charge in [-0.3, -0.25) is 9.59 Å². The maximum atomic E-state index is 12.5. The SMILES string of the molecule is CCOC(=O)CNC(=O)[C@@H](Cc1ccc(Cl)cc1Cl)NC(=O)OC(C)(C)C. The van der Waals surface area contributed by atoms with Crippen molar-refractivity contribution < 1.29 is 23.9 Å². The Morgan fingerprint density at radius 2 is 1.85 bits per heavy atom. The molecular formula is C18H24Cl2N2O5. The number of rotatable bonds is 7. The van der Waals surface area contributed by atoms with Crippen molar-refractivity contribution in [3.8, 4) is 0 Å². The van der Waals surface area contributed by atoms with Crippen LogP contribution < -0.4 is 10.6 Å². The Hall–Kier alpha value is -1.99. The number of carbonyl (C=O) groups excluding carboxylic acids is 3. The highest BCUT2D eigenvalue weighted by Crippen LogP contribution is 2.22. The second-order valence-electron chi connectivity index (χ2n) is 6.66. The number of hydrogen-bond acceptors (Lipinski definition) is 5. The predicted molar refractivity (Wildman–Crippen MR) is 103 cm³/mol. The summed E-state index contributed by atoms with van der Waals surface area (Å²) in [6.45, 7) is 6.67. The largest absolute Gasteiger partial charge is 0.465 e. The number of halogens is 2. The van der Waals surface area contributed by atoms with Gasteiger partial charge in [0.2, 0.25) is 5.91 Å². The Kier molecular flexibility index (Phi) is 8.85. The molecule has 9 heteroatoms. The highest BCUT2D eigenvalue weighted by molar-refractivity contribution is 6.35. The van der Waals surface area contributed by atoms with E-state index in [9.17, 15) is 14.4 Å². The van der Waals surface area contributed by atoms with E-state index in [0.29, 0.717) is 15.6 Å². The Bertz CT molecular complexity index is 689. The Morgan fingerprint density at radius 1 is 1.19 bits per heavy atom. The lowest BCUT2D eigenvalue weighted by Gasteiger charge is -2.23. The quantitative estimate of drug-likeness (QED) is 0.663. The van der Waals surface area contributed by atoms with E-state index in [1.807, 2.05) is 0 Å². The number of alkyl carbamates (subject to hydrolysis) is 1. The van der Waals surface area contributed by atoms with E-state index in [1.54, 1.807) is 45.9 Å². The highest BCUT2D eigenvalue weighted by atomic mass is 35.5. The lowest BCUT2D eigenvalue weighted by atomic mass is 10.1. The standard InChI is InChI=1S/C18H24Cl2N2O5/c1-5-26-15(23)10-21-16(24)14(22-17(25)27-18(2,3)4)8-11-6-7-12(19)9-13(11)20/h6-7,9,14H,5,8,10H2,1-4H3,(H,21,24)(H,22,25)/t14-/m1/s1. The summed E-state index contributed by atoms with van der Waals surface area (Å²) < 4.78 is 9.96. The molecule has 150 valence electrons. The van der Waals surface area contributed by atoms with E-state index in [4.69, 9.17) is 32.7 Å². The van der Waals surface area contributed by atoms with E-state index in [0.717, 1.165) is 0 Å². The molecule has 2 N–H and O–H groups in total. The van der Waals surface area contributed by atoms with Gasteiger partial charge in [0.15, 0.2) is 0 Å². The van der Waals surface area contributed by atoms with Crippen LogP contribution in [0.3, 0.4) is 0 Å². The van der Waals surface area contributed by atoms with Crippen molar-refractivity contribution in [2.24, 2.45) is 0 Å². The first-order valence-corrected chi connectivity index (χ1v) is 9.14. The van der Waals surface area contributed by atoms with Crippen molar-refractivity contribution in [2.75, 3.05) is 13.2 Å². The number of carbonyl (C=O) groups is 3. The lowest BCUT2D eigenvalue weighted by Crippen LogP contribution is -2.50. The Morgan fingerprint density at radius 3 is 2.41 bits per heavy atom. The van der Waals surface area contributed by atoms with Crippen molar-refractivity contribution in [1.29, 1.82) is 0 Å². The summed E-state index contributed by atoms with van der Waals surface area (Å²) in [4.78, 5) is 36.0. The third-order valence-corrected chi connectivity index (χ3v) is 3.75. The molecule has 0 fully saturated rings. The number of hydrogen-bond donors (Lipinski definition) is 2. The molecule has 0 saturated heterocycles. The fourth-order valence-electron chi connectivity index (χ4n) is 2.06. The molecule has 0 unspecified atom stereocenters. The predicted octanol–water partition coefficient (Wildman–Crippen LogP) is 3.11. The minimum absolute atomic E-state index is 0.0872. The third kappa shape index (κ3) is 8.97. The van der Waals surface area contributed by atoms with Crippen LogP contribution in [0.2, 0.25) is 10.0 Å². The molecular weight excluding hydrogens is 395 g/mol. The molecule has 1 aromatic carbocycles. The average Bonchev–Trinajstić information content (AvgIpc) is 2.52. The van der Waals surface area contributed by atoms with Gasteiger partial charge in [0, 0.05) is 16.5 Å². The zero-order valence-corrected chi connectivity index (χ0v) is 17.2. The molecule has 0 aliphatic rings. The average molecular weight is 419 g/mol. The molecule has 7 nitrogen and oxygen atoms in total. The van der Waals surface area contributed by atoms with Crippen LogP contribution in [-0.2, 0) is 25.5 Å². The maximum absolute atomic E-state index is 12.5. The molecule has 0 aliphatic carbocycles. The second kappa shape index (κ2) is 10.4. The van der Waals surface area contributed by atoms with E-state index in [-0.39, 0.29) is 19.6 Å². The minimum Gasteiger partial charge on any atom is -0.465 e. The van der Waals surface area contributed by atoms with Gasteiger partial charge in [0.05, 0.1) is 6.61 Å². The van der Waals surface area contributed by atoms with Gasteiger partial charge < -0.3 is 20.1 Å². The van der Waals surface area contributed by atoms with Gasteiger partial charge in [-0.15, -0.1) is 0 Å². The van der Waals surface area contributed by atoms with Crippen molar-refractivity contribution in [3.63, 3.8) is 0 Å². The molecule has 0 heterocycles. The van der Waals surface area contributed by atoms with Gasteiger partial charge in [-0.1, -0.05) is 29.3 Å². The van der Waals surface area contributed by atoms with E-state index >= 15 is 0 Å². The van der Waals surface area contributed by atoms with Gasteiger partial charge in [-0.2, -0.15) is 0 Å². The molecule has 0 aromatic heterocycles. The fraction of sp³-hybridized carbons (Fsp3) is 0.500. The third-order valence-electron chi connectivity index (χ3n) is 3.16. The second-order valence-corrected chi connectivity index (χ2v) is 7.51. The van der Waals surface area contributed by atoms with Crippen molar-refractivity contribution in [3.05, 3.63) is 33.8 Å². The van der Waals surface area contributed by atoms with Crippen LogP contribution >= 0.6 is 23.2 Å². The van der Waals surface area contributed by atoms with Crippen LogP contribution in [0, 0.1) is 0 Å². The normalized spacial score (nSPS) is 12.1. The maximum Gasteiger partial charge on any atom is 0.408 e. The minimum atomic E-state index is -1.01. The molecule has 0 spiro atoms. The molecule has 1 rings (SSSR count). The molecule has 1 aromatic rings. The number of nitrogens with one attached hydrogen (secondary N) is 2. The van der Waals surface area contributed by atoms with Crippen LogP contribution in [0.25, 0.3) is 0 Å². The van der Waals surface area contributed by atoms with E-state index < -0.39 is 29.6 Å². The van der Waals surface area contributed by atoms with Gasteiger partial charge in [-0.25, -0.2) is 4.79 Å². The molecule has 0 aliphatic heterocycles. The van der Waals surface area contributed by atoms with Crippen LogP contribution in [0.4, 0.5) is 4.79 Å². The Labute approximate surface area is 168 Å². The summed E-state index contributed by atoms with van der Waals surface area (Å²) in [6.07, 6.45) is -0.673. The molecule has 0 radical (unpaired) electrons. The summed E-state index contributed by atoms with van der Waals surface area (Å²) >= 11 is 12.0. The van der Waals surface area contributed by atoms with Gasteiger partial charge in [-0.05, 0) is 45.4 Å². The molecule has 2 amide bonds. The fourth-order valence-corrected chi connectivity index (χ4v) is 2.55. The first kappa shape index (κ1) is 23.0. The lowest BCUT2D eigenvalue weighted by molar-refractivity contribution is -0.143. The van der Waals surface area contributed by atoms with Gasteiger partial charge >= 0.3 is 12.1 Å². The first-order chi connectivity index (χ1) is 12.5. The smallest absolute Gasteiger partial charge is 0.408 e. The van der Waals surface area contributed by atoms with Gasteiger partial charge in [0.1, 0.15) is 18.2 Å². The molecule has 0 bridgehead atoms. The monoisotopic (exact) mass is 418 g/mol. The zero-order valence-electron chi connectivity index (χ0n) is 15.7. The summed E-state index contributed by atoms with van der Waals surface area (Å²) in [5.74, 6) is -1.15. The van der Waals surface area contributed by atoms with Crippen LogP contribution in [-0.4, -0.2) is 42.8 Å². The van der Waals surface area contributed by atoms with Crippen molar-refractivity contribution in [1.82, 2.24) is 10.6 Å². The number of benzene rings is 1. The molecule has 1 atom stereocenters. The topological polar surface area (TPSA) is 93.7 Å². The zero-order chi connectivity index (χ0) is 20.6. The summed E-state index contributed by atoms with van der Waals surface area (Å²) in [6, 6.07) is 3.82. The summed E-state index contributed by atoms with van der Waals surface area (Å²) in [5.41, 5.74) is -0.123. The van der Waals surface area contributed by atoms with Crippen LogP contribution in [0.1, 0.15) is 33.3 Å². The highest BCUT2D eigenvalue weighted by Gasteiger charge is 2.25. The van der Waals surface area contributed by atoms with Gasteiger partial charge in [0.25, 0.3) is 0 Å². The van der Waals surface area contributed by atoms with E-state index in [1.165, 1.54) is 0 Å². The number of ether oxygens (including phenoxy) is 2. The Balaban J connectivity index is 2.89. The summed E-state index contributed by atoms with van der Waals surface area (Å²) in [5, 5.41) is 5.75. The molecule has 0 saturated carbocycles. The number of esters is 1.